The molecule has 3 N–H and O–H groups in total. The second kappa shape index (κ2) is 5.41. The third-order valence-electron chi connectivity index (χ3n) is 2.46. The summed E-state index contributed by atoms with van der Waals surface area (Å²) in [5.41, 5.74) is -1.64. The number of carbonyl (C=O) groups is 1. The van der Waals surface area contributed by atoms with Crippen LogP contribution in [0.3, 0.4) is 0 Å². The SMILES string of the molecule is Cc1cc(C(=O)NCC(C)(O)CO)c(F)cc1F. The molecule has 18 heavy (non-hydrogen) atoms. The van der Waals surface area contributed by atoms with Crippen LogP contribution in [-0.2, 0) is 0 Å². The number of aliphatic hydroxyl groups excluding tert-OH is 1. The topological polar surface area (TPSA) is 69.6 Å². The van der Waals surface area contributed by atoms with Crippen LogP contribution in [-0.4, -0.2) is 34.9 Å². The Balaban J connectivity index is 2.82. The largest absolute Gasteiger partial charge is 0.393 e. The van der Waals surface area contributed by atoms with E-state index in [0.29, 0.717) is 6.07 Å². The van der Waals surface area contributed by atoms with Crippen LogP contribution in [0, 0.1) is 18.6 Å². The molecule has 0 spiro atoms. The van der Waals surface area contributed by atoms with Crippen molar-refractivity contribution in [1.29, 1.82) is 0 Å². The zero-order chi connectivity index (χ0) is 13.9. The molecule has 1 unspecified atom stereocenters. The minimum absolute atomic E-state index is 0.149. The van der Waals surface area contributed by atoms with E-state index in [1.54, 1.807) is 0 Å². The van der Waals surface area contributed by atoms with Gasteiger partial charge in [0, 0.05) is 12.6 Å². The highest BCUT2D eigenvalue weighted by Gasteiger charge is 2.21. The van der Waals surface area contributed by atoms with Crippen LogP contribution in [0.15, 0.2) is 12.1 Å². The number of halogens is 2. The van der Waals surface area contributed by atoms with E-state index in [-0.39, 0.29) is 17.7 Å². The molecule has 0 heterocycles. The van der Waals surface area contributed by atoms with Crippen molar-refractivity contribution in [2.75, 3.05) is 13.2 Å². The van der Waals surface area contributed by atoms with Gasteiger partial charge in [0.15, 0.2) is 0 Å². The molecule has 100 valence electrons. The number of nitrogens with one attached hydrogen (secondary N) is 1. The summed E-state index contributed by atoms with van der Waals surface area (Å²) in [6.45, 7) is 1.95. The lowest BCUT2D eigenvalue weighted by atomic mass is 10.1. The minimum atomic E-state index is -1.48. The van der Waals surface area contributed by atoms with Gasteiger partial charge in [0.25, 0.3) is 5.91 Å². The van der Waals surface area contributed by atoms with E-state index in [1.807, 2.05) is 0 Å². The summed E-state index contributed by atoms with van der Waals surface area (Å²) >= 11 is 0. The lowest BCUT2D eigenvalue weighted by molar-refractivity contribution is 0.00316. The lowest BCUT2D eigenvalue weighted by Gasteiger charge is -2.20. The Hall–Kier alpha value is -1.53. The van der Waals surface area contributed by atoms with Gasteiger partial charge < -0.3 is 15.5 Å². The van der Waals surface area contributed by atoms with Crippen molar-refractivity contribution in [1.82, 2.24) is 5.32 Å². The molecule has 0 fully saturated rings. The van der Waals surface area contributed by atoms with Crippen molar-refractivity contribution in [3.8, 4) is 0 Å². The van der Waals surface area contributed by atoms with Crippen LogP contribution in [0.4, 0.5) is 8.78 Å². The first-order chi connectivity index (χ1) is 8.26. The Morgan fingerprint density at radius 1 is 1.39 bits per heavy atom. The number of rotatable bonds is 4. The molecule has 1 aromatic carbocycles. The van der Waals surface area contributed by atoms with Gasteiger partial charge >= 0.3 is 0 Å². The van der Waals surface area contributed by atoms with Gasteiger partial charge in [0.2, 0.25) is 0 Å². The van der Waals surface area contributed by atoms with Crippen molar-refractivity contribution in [3.05, 3.63) is 34.9 Å². The normalized spacial score (nSPS) is 14.1. The number of aryl methyl sites for hydroxylation is 1. The Bertz CT molecular complexity index is 461. The van der Waals surface area contributed by atoms with E-state index in [9.17, 15) is 18.7 Å². The molecule has 1 aromatic rings. The van der Waals surface area contributed by atoms with Gasteiger partial charge in [-0.1, -0.05) is 0 Å². The van der Waals surface area contributed by atoms with Crippen LogP contribution in [0.5, 0.6) is 0 Å². The molecule has 0 saturated carbocycles. The minimum Gasteiger partial charge on any atom is -0.393 e. The third-order valence-corrected chi connectivity index (χ3v) is 2.46. The average Bonchev–Trinajstić information content (AvgIpc) is 2.31. The first-order valence-corrected chi connectivity index (χ1v) is 5.34. The Morgan fingerprint density at radius 3 is 2.56 bits per heavy atom. The Kier molecular flexibility index (Phi) is 4.37. The highest BCUT2D eigenvalue weighted by molar-refractivity contribution is 5.94. The van der Waals surface area contributed by atoms with E-state index >= 15 is 0 Å². The summed E-state index contributed by atoms with van der Waals surface area (Å²) in [6, 6.07) is 1.72. The standard InChI is InChI=1S/C12H15F2NO3/c1-7-3-8(10(14)4-9(7)13)11(17)15-5-12(2,18)6-16/h3-4,16,18H,5-6H2,1-2H3,(H,15,17). The molecule has 0 aliphatic rings. The molecular formula is C12H15F2NO3. The van der Waals surface area contributed by atoms with Crippen LogP contribution < -0.4 is 5.32 Å². The third kappa shape index (κ3) is 3.48. The van der Waals surface area contributed by atoms with Crippen LogP contribution in [0.2, 0.25) is 0 Å². The van der Waals surface area contributed by atoms with Crippen molar-refractivity contribution in [2.24, 2.45) is 0 Å². The molecule has 0 aromatic heterocycles. The van der Waals surface area contributed by atoms with E-state index in [4.69, 9.17) is 5.11 Å². The summed E-state index contributed by atoms with van der Waals surface area (Å²) in [4.78, 5) is 11.6. The van der Waals surface area contributed by atoms with Gasteiger partial charge in [-0.2, -0.15) is 0 Å². The van der Waals surface area contributed by atoms with Gasteiger partial charge in [-0.15, -0.1) is 0 Å². The molecule has 0 radical (unpaired) electrons. The van der Waals surface area contributed by atoms with Crippen LogP contribution in [0.25, 0.3) is 0 Å². The maximum absolute atomic E-state index is 13.4. The van der Waals surface area contributed by atoms with Crippen LogP contribution in [0.1, 0.15) is 22.8 Å². The molecular weight excluding hydrogens is 244 g/mol. The van der Waals surface area contributed by atoms with Crippen LogP contribution >= 0.6 is 0 Å². The smallest absolute Gasteiger partial charge is 0.254 e. The van der Waals surface area contributed by atoms with Crippen molar-refractivity contribution in [3.63, 3.8) is 0 Å². The number of benzene rings is 1. The molecule has 6 heteroatoms. The molecule has 1 atom stereocenters. The van der Waals surface area contributed by atoms with E-state index in [0.717, 1.165) is 6.07 Å². The van der Waals surface area contributed by atoms with Crippen molar-refractivity contribution < 1.29 is 23.8 Å². The van der Waals surface area contributed by atoms with E-state index < -0.39 is 29.7 Å². The van der Waals surface area contributed by atoms with Crippen molar-refractivity contribution in [2.45, 2.75) is 19.4 Å². The first-order valence-electron chi connectivity index (χ1n) is 5.34. The zero-order valence-corrected chi connectivity index (χ0v) is 10.1. The number of amides is 1. The molecule has 0 aliphatic carbocycles. The fourth-order valence-electron chi connectivity index (χ4n) is 1.25. The molecule has 1 amide bonds. The molecule has 0 aliphatic heterocycles. The fourth-order valence-corrected chi connectivity index (χ4v) is 1.25. The summed E-state index contributed by atoms with van der Waals surface area (Å²) in [5.74, 6) is -2.48. The summed E-state index contributed by atoms with van der Waals surface area (Å²) in [6.07, 6.45) is 0. The summed E-state index contributed by atoms with van der Waals surface area (Å²) in [5, 5.41) is 20.5. The van der Waals surface area contributed by atoms with Gasteiger partial charge in [0.1, 0.15) is 17.2 Å². The maximum atomic E-state index is 13.4. The molecule has 1 rings (SSSR count). The predicted octanol–water partition coefficient (Wildman–Crippen LogP) is 0.746. The van der Waals surface area contributed by atoms with Gasteiger partial charge in [-0.25, -0.2) is 8.78 Å². The molecule has 4 nitrogen and oxygen atoms in total. The number of hydrogen-bond acceptors (Lipinski definition) is 3. The second-order valence-electron chi connectivity index (χ2n) is 4.42. The molecule has 0 bridgehead atoms. The van der Waals surface area contributed by atoms with E-state index in [2.05, 4.69) is 5.32 Å². The molecule has 0 saturated heterocycles. The monoisotopic (exact) mass is 259 g/mol. The number of aliphatic hydroxyl groups is 2. The Morgan fingerprint density at radius 2 is 2.00 bits per heavy atom. The highest BCUT2D eigenvalue weighted by atomic mass is 19.1. The van der Waals surface area contributed by atoms with Gasteiger partial charge in [0.05, 0.1) is 12.2 Å². The fraction of sp³-hybridized carbons (Fsp3) is 0.417. The quantitative estimate of drug-likeness (QED) is 0.747. The average molecular weight is 259 g/mol. The van der Waals surface area contributed by atoms with E-state index in [1.165, 1.54) is 13.8 Å². The van der Waals surface area contributed by atoms with Gasteiger partial charge in [-0.05, 0) is 25.5 Å². The zero-order valence-electron chi connectivity index (χ0n) is 10.1. The Labute approximate surface area is 103 Å². The maximum Gasteiger partial charge on any atom is 0.254 e. The lowest BCUT2D eigenvalue weighted by Crippen LogP contribution is -2.43. The number of hydrogen-bond donors (Lipinski definition) is 3. The highest BCUT2D eigenvalue weighted by Crippen LogP contribution is 2.14. The first kappa shape index (κ1) is 14.5. The second-order valence-corrected chi connectivity index (χ2v) is 4.42. The number of carbonyl (C=O) groups excluding carboxylic acids is 1. The van der Waals surface area contributed by atoms with Gasteiger partial charge in [-0.3, -0.25) is 4.79 Å². The summed E-state index contributed by atoms with van der Waals surface area (Å²) in [7, 11) is 0. The summed E-state index contributed by atoms with van der Waals surface area (Å²) < 4.78 is 26.4. The predicted molar refractivity (Wildman–Crippen MR) is 61.1 cm³/mol. The van der Waals surface area contributed by atoms with Crippen molar-refractivity contribution >= 4 is 5.91 Å².